The number of anilines is 2. The number of hydrogen-bond donors (Lipinski definition) is 3. The van der Waals surface area contributed by atoms with Crippen molar-refractivity contribution >= 4 is 23.5 Å². The molecule has 1 aliphatic rings. The van der Waals surface area contributed by atoms with Gasteiger partial charge in [0.25, 0.3) is 11.8 Å². The number of morpholine rings is 1. The number of rotatable bonds is 7. The van der Waals surface area contributed by atoms with Gasteiger partial charge >= 0.3 is 0 Å². The van der Waals surface area contributed by atoms with E-state index in [-0.39, 0.29) is 35.9 Å². The monoisotopic (exact) mass is 594 g/mol. The number of aliphatic hydroxyl groups is 1. The van der Waals surface area contributed by atoms with E-state index in [1.54, 1.807) is 17.0 Å². The van der Waals surface area contributed by atoms with Crippen LogP contribution >= 0.6 is 0 Å². The standard InChI is InChI=1S/C34H38N6O4/c1-21-27(6-5-7-28(21)36-31(42)23-12-14-25(15-13-23)34(2,3)4)30-37-29(38-33(35)39-30)18-22-8-10-24(11-9-22)32(43)40-16-17-44-26(19-40)20-41/h5-15,26,41H,16-20H2,1-4H3,(H,36,42)(H2,35,37,38,39). The maximum absolute atomic E-state index is 13.1. The highest BCUT2D eigenvalue weighted by molar-refractivity contribution is 6.05. The molecule has 1 fully saturated rings. The molecular formula is C34H38N6O4. The molecule has 0 bridgehead atoms. The summed E-state index contributed by atoms with van der Waals surface area (Å²) < 4.78 is 5.45. The molecule has 10 heteroatoms. The summed E-state index contributed by atoms with van der Waals surface area (Å²) in [6.45, 7) is 9.44. The van der Waals surface area contributed by atoms with E-state index in [4.69, 9.17) is 15.5 Å². The Morgan fingerprint density at radius 1 is 1.00 bits per heavy atom. The molecule has 1 aromatic heterocycles. The third-order valence-corrected chi connectivity index (χ3v) is 7.73. The molecule has 1 unspecified atom stereocenters. The van der Waals surface area contributed by atoms with Crippen molar-refractivity contribution < 1.29 is 19.4 Å². The number of benzene rings is 3. The minimum atomic E-state index is -0.359. The number of nitrogens with one attached hydrogen (secondary N) is 1. The van der Waals surface area contributed by atoms with Crippen LogP contribution in [-0.2, 0) is 16.6 Å². The smallest absolute Gasteiger partial charge is 0.255 e. The quantitative estimate of drug-likeness (QED) is 0.286. The number of nitrogens with two attached hydrogens (primary N) is 1. The zero-order valence-corrected chi connectivity index (χ0v) is 25.5. The Labute approximate surface area is 257 Å². The van der Waals surface area contributed by atoms with Gasteiger partial charge in [-0.05, 0) is 59.4 Å². The maximum Gasteiger partial charge on any atom is 0.255 e. The lowest BCUT2D eigenvalue weighted by molar-refractivity contribution is -0.0447. The first-order valence-corrected chi connectivity index (χ1v) is 14.6. The minimum Gasteiger partial charge on any atom is -0.394 e. The van der Waals surface area contributed by atoms with E-state index >= 15 is 0 Å². The number of aliphatic hydroxyl groups excluding tert-OH is 1. The third-order valence-electron chi connectivity index (χ3n) is 7.73. The zero-order valence-electron chi connectivity index (χ0n) is 25.5. The van der Waals surface area contributed by atoms with Gasteiger partial charge in [-0.2, -0.15) is 9.97 Å². The average Bonchev–Trinajstić information content (AvgIpc) is 3.01. The largest absolute Gasteiger partial charge is 0.394 e. The molecule has 3 aromatic carbocycles. The van der Waals surface area contributed by atoms with Crippen LogP contribution in [0, 0.1) is 6.92 Å². The van der Waals surface area contributed by atoms with Gasteiger partial charge in [0.2, 0.25) is 5.95 Å². The van der Waals surface area contributed by atoms with Crippen LogP contribution < -0.4 is 11.1 Å². The molecule has 0 spiro atoms. The molecule has 1 atom stereocenters. The molecule has 2 amide bonds. The number of carbonyl (C=O) groups is 2. The molecule has 0 aliphatic carbocycles. The van der Waals surface area contributed by atoms with Crippen LogP contribution in [0.4, 0.5) is 11.6 Å². The predicted molar refractivity (Wildman–Crippen MR) is 169 cm³/mol. The van der Waals surface area contributed by atoms with E-state index < -0.39 is 0 Å². The van der Waals surface area contributed by atoms with Gasteiger partial charge in [0.15, 0.2) is 5.82 Å². The van der Waals surface area contributed by atoms with Crippen molar-refractivity contribution in [1.82, 2.24) is 19.9 Å². The van der Waals surface area contributed by atoms with Crippen molar-refractivity contribution in [3.05, 3.63) is 100 Å². The Bertz CT molecular complexity index is 1650. The fourth-order valence-corrected chi connectivity index (χ4v) is 5.11. The number of hydrogen-bond acceptors (Lipinski definition) is 8. The average molecular weight is 595 g/mol. The molecule has 0 radical (unpaired) electrons. The molecule has 2 heterocycles. The lowest BCUT2D eigenvalue weighted by Crippen LogP contribution is -2.46. The van der Waals surface area contributed by atoms with Crippen LogP contribution in [0.3, 0.4) is 0 Å². The lowest BCUT2D eigenvalue weighted by atomic mass is 9.86. The van der Waals surface area contributed by atoms with Crippen molar-refractivity contribution in [2.45, 2.75) is 45.6 Å². The van der Waals surface area contributed by atoms with Crippen molar-refractivity contribution in [2.24, 2.45) is 0 Å². The van der Waals surface area contributed by atoms with Crippen LogP contribution in [0.5, 0.6) is 0 Å². The van der Waals surface area contributed by atoms with E-state index in [1.807, 2.05) is 61.5 Å². The third kappa shape index (κ3) is 7.10. The first kappa shape index (κ1) is 30.8. The second-order valence-electron chi connectivity index (χ2n) is 12.0. The number of nitrogens with zero attached hydrogens (tertiary/aromatic N) is 4. The highest BCUT2D eigenvalue weighted by Gasteiger charge is 2.24. The van der Waals surface area contributed by atoms with E-state index in [2.05, 4.69) is 36.1 Å². The lowest BCUT2D eigenvalue weighted by Gasteiger charge is -2.32. The molecule has 228 valence electrons. The Morgan fingerprint density at radius 3 is 2.39 bits per heavy atom. The van der Waals surface area contributed by atoms with Crippen LogP contribution in [-0.4, -0.2) is 69.2 Å². The number of nitrogen functional groups attached to an aromatic ring is 1. The molecule has 10 nitrogen and oxygen atoms in total. The summed E-state index contributed by atoms with van der Waals surface area (Å²) >= 11 is 0. The topological polar surface area (TPSA) is 144 Å². The number of ether oxygens (including phenoxy) is 1. The Hall–Kier alpha value is -4.67. The Morgan fingerprint density at radius 2 is 1.70 bits per heavy atom. The zero-order chi connectivity index (χ0) is 31.4. The molecule has 0 saturated carbocycles. The van der Waals surface area contributed by atoms with Gasteiger partial charge in [0.1, 0.15) is 5.82 Å². The minimum absolute atomic E-state index is 0.00224. The normalized spacial score (nSPS) is 15.2. The summed E-state index contributed by atoms with van der Waals surface area (Å²) in [6, 6.07) is 20.5. The van der Waals surface area contributed by atoms with E-state index in [0.717, 1.165) is 22.3 Å². The van der Waals surface area contributed by atoms with Gasteiger partial charge in [-0.15, -0.1) is 0 Å². The summed E-state index contributed by atoms with van der Waals surface area (Å²) in [5.74, 6) is 0.682. The van der Waals surface area contributed by atoms with Crippen molar-refractivity contribution in [3.8, 4) is 11.4 Å². The Balaban J connectivity index is 1.30. The molecule has 4 N–H and O–H groups in total. The van der Waals surface area contributed by atoms with Crippen molar-refractivity contribution in [2.75, 3.05) is 37.4 Å². The highest BCUT2D eigenvalue weighted by atomic mass is 16.5. The van der Waals surface area contributed by atoms with Gasteiger partial charge in [0, 0.05) is 41.9 Å². The fourth-order valence-electron chi connectivity index (χ4n) is 5.11. The van der Waals surface area contributed by atoms with Crippen LogP contribution in [0.2, 0.25) is 0 Å². The molecule has 1 aliphatic heterocycles. The summed E-state index contributed by atoms with van der Waals surface area (Å²) in [7, 11) is 0. The molecular weight excluding hydrogens is 556 g/mol. The first-order valence-electron chi connectivity index (χ1n) is 14.6. The predicted octanol–water partition coefficient (Wildman–Crippen LogP) is 4.40. The van der Waals surface area contributed by atoms with Gasteiger partial charge < -0.3 is 25.8 Å². The summed E-state index contributed by atoms with van der Waals surface area (Å²) in [5, 5.41) is 12.4. The second kappa shape index (κ2) is 12.9. The molecule has 5 rings (SSSR count). The van der Waals surface area contributed by atoms with Crippen molar-refractivity contribution in [1.29, 1.82) is 0 Å². The van der Waals surface area contributed by atoms with Gasteiger partial charge in [-0.25, -0.2) is 4.98 Å². The van der Waals surface area contributed by atoms with E-state index in [1.165, 1.54) is 0 Å². The SMILES string of the molecule is Cc1c(NC(=O)c2ccc(C(C)(C)C)cc2)cccc1-c1nc(N)nc(Cc2ccc(C(=O)N3CCOC(CO)C3)cc2)n1. The summed E-state index contributed by atoms with van der Waals surface area (Å²) in [5.41, 5.74) is 11.5. The van der Waals surface area contributed by atoms with E-state index in [0.29, 0.717) is 54.6 Å². The van der Waals surface area contributed by atoms with Crippen LogP contribution in [0.25, 0.3) is 11.4 Å². The first-order chi connectivity index (χ1) is 21.0. The highest BCUT2D eigenvalue weighted by Crippen LogP contribution is 2.28. The molecule has 44 heavy (non-hydrogen) atoms. The molecule has 1 saturated heterocycles. The van der Waals surface area contributed by atoms with Gasteiger partial charge in [-0.1, -0.05) is 57.2 Å². The summed E-state index contributed by atoms with van der Waals surface area (Å²) in [4.78, 5) is 41.1. The number of amides is 2. The van der Waals surface area contributed by atoms with Gasteiger partial charge in [-0.3, -0.25) is 9.59 Å². The van der Waals surface area contributed by atoms with Crippen LogP contribution in [0.15, 0.2) is 66.7 Å². The maximum atomic E-state index is 13.1. The molecule has 4 aromatic rings. The summed E-state index contributed by atoms with van der Waals surface area (Å²) in [6.07, 6.45) is 0.0279. The fraction of sp³-hybridized carbons (Fsp3) is 0.324. The van der Waals surface area contributed by atoms with Crippen molar-refractivity contribution in [3.63, 3.8) is 0 Å². The number of aromatic nitrogens is 3. The Kier molecular flexibility index (Phi) is 9.03. The van der Waals surface area contributed by atoms with Gasteiger partial charge in [0.05, 0.1) is 19.3 Å². The second-order valence-corrected chi connectivity index (χ2v) is 12.0. The van der Waals surface area contributed by atoms with Crippen LogP contribution in [0.1, 0.15) is 64.0 Å². The van der Waals surface area contributed by atoms with E-state index in [9.17, 15) is 14.7 Å². The number of carbonyl (C=O) groups excluding carboxylic acids is 2.